The maximum atomic E-state index is 13.0. The van der Waals surface area contributed by atoms with Crippen molar-refractivity contribution in [1.82, 2.24) is 10.6 Å². The third-order valence-corrected chi connectivity index (χ3v) is 4.58. The molecule has 29 heavy (non-hydrogen) atoms. The largest absolute Gasteiger partial charge is 0.493 e. The van der Waals surface area contributed by atoms with Crippen molar-refractivity contribution in [3.05, 3.63) is 71.7 Å². The second-order valence-corrected chi connectivity index (χ2v) is 6.43. The van der Waals surface area contributed by atoms with Crippen LogP contribution in [0.15, 0.2) is 54.7 Å². The Labute approximate surface area is 167 Å². The first-order chi connectivity index (χ1) is 13.9. The molecule has 1 heterocycles. The van der Waals surface area contributed by atoms with E-state index in [2.05, 4.69) is 17.2 Å². The second kappa shape index (κ2) is 8.64. The third-order valence-electron chi connectivity index (χ3n) is 4.58. The smallest absolute Gasteiger partial charge is 0.319 e. The molecule has 0 aliphatic carbocycles. The predicted molar refractivity (Wildman–Crippen MR) is 103 cm³/mol. The third kappa shape index (κ3) is 4.48. The number of hydrogen-bond acceptors (Lipinski definition) is 5. The van der Waals surface area contributed by atoms with Crippen LogP contribution >= 0.6 is 0 Å². The van der Waals surface area contributed by atoms with Gasteiger partial charge in [-0.3, -0.25) is 4.79 Å². The average molecular weight is 400 g/mol. The van der Waals surface area contributed by atoms with Gasteiger partial charge in [0.25, 0.3) is 0 Å². The summed E-state index contributed by atoms with van der Waals surface area (Å²) in [7, 11) is 2.76. The van der Waals surface area contributed by atoms with Gasteiger partial charge in [0.1, 0.15) is 18.3 Å². The maximum Gasteiger partial charge on any atom is 0.319 e. The molecule has 1 saturated heterocycles. The summed E-state index contributed by atoms with van der Waals surface area (Å²) in [6.07, 6.45) is 0. The van der Waals surface area contributed by atoms with E-state index in [0.29, 0.717) is 17.1 Å². The number of rotatable bonds is 6. The number of ether oxygens (including phenoxy) is 3. The minimum Gasteiger partial charge on any atom is -0.493 e. The second-order valence-electron chi connectivity index (χ2n) is 6.43. The van der Waals surface area contributed by atoms with Crippen molar-refractivity contribution >= 4 is 12.0 Å². The number of methoxy groups -OCH3 is 2. The number of nitrogens with one attached hydrogen (secondary N) is 2. The van der Waals surface area contributed by atoms with Crippen LogP contribution in [0, 0.1) is 11.7 Å². The summed E-state index contributed by atoms with van der Waals surface area (Å²) < 4.78 is 29.1. The first-order valence-electron chi connectivity index (χ1n) is 8.82. The molecule has 0 unspecified atom stereocenters. The molecule has 2 atom stereocenters. The SMILES string of the molecule is C=C1NC(=O)N[C@H](c2ccc(OCc3ccc(F)cc3)c(OC)c2)[C@H]1C(=O)OC. The van der Waals surface area contributed by atoms with E-state index in [1.807, 2.05) is 0 Å². The van der Waals surface area contributed by atoms with Crippen molar-refractivity contribution in [2.24, 2.45) is 5.92 Å². The molecule has 0 aromatic heterocycles. The normalized spacial score (nSPS) is 18.4. The first kappa shape index (κ1) is 20.2. The van der Waals surface area contributed by atoms with Crippen molar-refractivity contribution in [1.29, 1.82) is 0 Å². The molecule has 7 nitrogen and oxygen atoms in total. The topological polar surface area (TPSA) is 85.9 Å². The van der Waals surface area contributed by atoms with Crippen molar-refractivity contribution < 1.29 is 28.2 Å². The van der Waals surface area contributed by atoms with Gasteiger partial charge in [0.05, 0.1) is 20.3 Å². The number of hydrogen-bond donors (Lipinski definition) is 2. The number of benzene rings is 2. The highest BCUT2D eigenvalue weighted by atomic mass is 19.1. The Morgan fingerprint density at radius 1 is 1.14 bits per heavy atom. The lowest BCUT2D eigenvalue weighted by molar-refractivity contribution is -0.145. The monoisotopic (exact) mass is 400 g/mol. The van der Waals surface area contributed by atoms with Crippen LogP contribution in [-0.2, 0) is 16.1 Å². The summed E-state index contributed by atoms with van der Waals surface area (Å²) in [5.74, 6) is -0.751. The Hall–Kier alpha value is -3.55. The van der Waals surface area contributed by atoms with Crippen LogP contribution in [0.3, 0.4) is 0 Å². The molecule has 0 bridgehead atoms. The number of halogens is 1. The van der Waals surface area contributed by atoms with Gasteiger partial charge in [0.2, 0.25) is 0 Å². The molecule has 0 saturated carbocycles. The molecule has 0 spiro atoms. The fourth-order valence-electron chi connectivity index (χ4n) is 3.11. The minimum atomic E-state index is -0.798. The van der Waals surface area contributed by atoms with E-state index in [1.54, 1.807) is 30.3 Å². The average Bonchev–Trinajstić information content (AvgIpc) is 2.72. The van der Waals surface area contributed by atoms with E-state index in [9.17, 15) is 14.0 Å². The van der Waals surface area contributed by atoms with Gasteiger partial charge in [-0.15, -0.1) is 0 Å². The summed E-state index contributed by atoms with van der Waals surface area (Å²) >= 11 is 0. The molecule has 1 aliphatic heterocycles. The zero-order valence-corrected chi connectivity index (χ0v) is 16.0. The quantitative estimate of drug-likeness (QED) is 0.728. The lowest BCUT2D eigenvalue weighted by Gasteiger charge is -2.33. The molecule has 3 rings (SSSR count). The van der Waals surface area contributed by atoms with E-state index in [-0.39, 0.29) is 18.1 Å². The lowest BCUT2D eigenvalue weighted by Crippen LogP contribution is -2.51. The Morgan fingerprint density at radius 2 is 1.86 bits per heavy atom. The molecule has 1 fully saturated rings. The molecular weight excluding hydrogens is 379 g/mol. The van der Waals surface area contributed by atoms with E-state index in [1.165, 1.54) is 26.4 Å². The molecule has 0 radical (unpaired) electrons. The van der Waals surface area contributed by atoms with Gasteiger partial charge < -0.3 is 24.8 Å². The van der Waals surface area contributed by atoms with E-state index >= 15 is 0 Å². The zero-order valence-electron chi connectivity index (χ0n) is 16.0. The van der Waals surface area contributed by atoms with Crippen LogP contribution in [0.5, 0.6) is 11.5 Å². The van der Waals surface area contributed by atoms with Crippen molar-refractivity contribution in [3.63, 3.8) is 0 Å². The Morgan fingerprint density at radius 3 is 2.52 bits per heavy atom. The van der Waals surface area contributed by atoms with Gasteiger partial charge in [-0.05, 0) is 35.4 Å². The maximum absolute atomic E-state index is 13.0. The lowest BCUT2D eigenvalue weighted by atomic mass is 9.89. The van der Waals surface area contributed by atoms with Gasteiger partial charge in [-0.1, -0.05) is 24.8 Å². The molecule has 2 aromatic carbocycles. The van der Waals surface area contributed by atoms with E-state index in [0.717, 1.165) is 5.56 Å². The summed E-state index contributed by atoms with van der Waals surface area (Å²) in [5, 5.41) is 5.22. The molecule has 2 N–H and O–H groups in total. The molecule has 1 aliphatic rings. The molecular formula is C21H21FN2O5. The van der Waals surface area contributed by atoms with E-state index < -0.39 is 24.0 Å². The van der Waals surface area contributed by atoms with Crippen LogP contribution in [0.25, 0.3) is 0 Å². The Kier molecular flexibility index (Phi) is 6.01. The highest BCUT2D eigenvalue weighted by molar-refractivity contribution is 5.85. The Balaban J connectivity index is 1.84. The summed E-state index contributed by atoms with van der Waals surface area (Å²) in [5.41, 5.74) is 1.67. The van der Waals surface area contributed by atoms with Crippen LogP contribution < -0.4 is 20.1 Å². The minimum absolute atomic E-state index is 0.224. The number of amides is 2. The van der Waals surface area contributed by atoms with Gasteiger partial charge in [-0.2, -0.15) is 0 Å². The van der Waals surface area contributed by atoms with Crippen LogP contribution in [0.1, 0.15) is 17.2 Å². The molecule has 152 valence electrons. The van der Waals surface area contributed by atoms with Crippen LogP contribution in [0.4, 0.5) is 9.18 Å². The molecule has 8 heteroatoms. The summed E-state index contributed by atoms with van der Waals surface area (Å²) in [4.78, 5) is 24.1. The number of carbonyl (C=O) groups excluding carboxylic acids is 2. The standard InChI is InChI=1S/C21H21FN2O5/c1-12-18(20(25)28-3)19(24-21(26)23-12)14-6-9-16(17(10-14)27-2)29-11-13-4-7-15(22)8-5-13/h4-10,18-19H,1,11H2,2-3H3,(H2,23,24,26)/t18-,19+/m0/s1. The van der Waals surface area contributed by atoms with Gasteiger partial charge in [0.15, 0.2) is 11.5 Å². The van der Waals surface area contributed by atoms with Gasteiger partial charge in [-0.25, -0.2) is 9.18 Å². The molecule has 2 aromatic rings. The fraction of sp³-hybridized carbons (Fsp3) is 0.238. The van der Waals surface area contributed by atoms with Crippen molar-refractivity contribution in [2.45, 2.75) is 12.6 Å². The van der Waals surface area contributed by atoms with E-state index in [4.69, 9.17) is 14.2 Å². The highest BCUT2D eigenvalue weighted by Gasteiger charge is 2.38. The number of esters is 1. The number of urea groups is 1. The molecule has 2 amide bonds. The van der Waals surface area contributed by atoms with Crippen LogP contribution in [-0.4, -0.2) is 26.2 Å². The number of carbonyl (C=O) groups is 2. The Bertz CT molecular complexity index is 929. The summed E-state index contributed by atoms with van der Waals surface area (Å²) in [6, 6.07) is 9.93. The van der Waals surface area contributed by atoms with Crippen molar-refractivity contribution in [2.75, 3.05) is 14.2 Å². The predicted octanol–water partition coefficient (Wildman–Crippen LogP) is 3.07. The fourth-order valence-corrected chi connectivity index (χ4v) is 3.11. The summed E-state index contributed by atoms with van der Waals surface area (Å²) in [6.45, 7) is 3.99. The van der Waals surface area contributed by atoms with Gasteiger partial charge in [0, 0.05) is 5.70 Å². The zero-order chi connectivity index (χ0) is 21.0. The van der Waals surface area contributed by atoms with Crippen molar-refractivity contribution in [3.8, 4) is 11.5 Å². The van der Waals surface area contributed by atoms with Gasteiger partial charge >= 0.3 is 12.0 Å². The first-order valence-corrected chi connectivity index (χ1v) is 8.82. The highest BCUT2D eigenvalue weighted by Crippen LogP contribution is 2.36. The van der Waals surface area contributed by atoms with Crippen LogP contribution in [0.2, 0.25) is 0 Å².